The molecule has 1 aromatic heterocycles. The Balaban J connectivity index is 2.37. The molecule has 1 atom stereocenters. The first-order valence-electron chi connectivity index (χ1n) is 5.87. The zero-order valence-electron chi connectivity index (χ0n) is 10.7. The Hall–Kier alpha value is -0.460. The molecule has 0 spiro atoms. The Morgan fingerprint density at radius 3 is 2.76 bits per heavy atom. The third kappa shape index (κ3) is 5.14. The molecule has 1 unspecified atom stereocenters. The van der Waals surface area contributed by atoms with Crippen LogP contribution < -0.4 is 10.2 Å². The van der Waals surface area contributed by atoms with Crippen LogP contribution in [0.15, 0.2) is 6.20 Å². The molecule has 0 radical (unpaired) electrons. The number of hydrogen-bond acceptors (Lipinski definition) is 5. The monoisotopic (exact) mass is 275 g/mol. The number of anilines is 1. The molecule has 0 aromatic carbocycles. The smallest absolute Gasteiger partial charge is 0.185 e. The lowest BCUT2D eigenvalue weighted by molar-refractivity contribution is 0.677. The van der Waals surface area contributed by atoms with Crippen LogP contribution in [0.3, 0.4) is 0 Å². The summed E-state index contributed by atoms with van der Waals surface area (Å²) in [7, 11) is -0.711. The van der Waals surface area contributed by atoms with E-state index in [1.165, 1.54) is 4.88 Å². The Morgan fingerprint density at radius 2 is 2.18 bits per heavy atom. The number of nitrogens with one attached hydrogen (secondary N) is 1. The lowest BCUT2D eigenvalue weighted by Crippen LogP contribution is -2.21. The molecule has 17 heavy (non-hydrogen) atoms. The van der Waals surface area contributed by atoms with Crippen molar-refractivity contribution in [2.75, 3.05) is 36.5 Å². The van der Waals surface area contributed by atoms with Crippen LogP contribution in [0.5, 0.6) is 0 Å². The van der Waals surface area contributed by atoms with Crippen LogP contribution in [-0.2, 0) is 17.3 Å². The van der Waals surface area contributed by atoms with Crippen molar-refractivity contribution in [2.24, 2.45) is 0 Å². The average molecular weight is 275 g/mol. The van der Waals surface area contributed by atoms with E-state index >= 15 is 0 Å². The lowest BCUT2D eigenvalue weighted by Gasteiger charge is -2.16. The molecule has 0 aliphatic rings. The van der Waals surface area contributed by atoms with Gasteiger partial charge < -0.3 is 10.2 Å². The molecule has 0 saturated carbocycles. The maximum atomic E-state index is 10.9. The molecular formula is C11H21N3OS2. The molecule has 1 aromatic rings. The second-order valence-corrected chi connectivity index (χ2v) is 6.38. The molecule has 1 N–H and O–H groups in total. The molecule has 0 amide bonds. The van der Waals surface area contributed by atoms with E-state index in [0.29, 0.717) is 5.75 Å². The van der Waals surface area contributed by atoms with Crippen LogP contribution in [0, 0.1) is 0 Å². The number of thiazole rings is 1. The largest absolute Gasteiger partial charge is 0.349 e. The number of hydrogen-bond donors (Lipinski definition) is 1. The first-order valence-corrected chi connectivity index (χ1v) is 8.42. The molecule has 0 bridgehead atoms. The fourth-order valence-corrected chi connectivity index (χ4v) is 2.89. The quantitative estimate of drug-likeness (QED) is 0.730. The van der Waals surface area contributed by atoms with Gasteiger partial charge in [-0.15, -0.1) is 11.3 Å². The van der Waals surface area contributed by atoms with Gasteiger partial charge in [0.2, 0.25) is 0 Å². The third-order valence-corrected chi connectivity index (χ3v) is 4.28. The van der Waals surface area contributed by atoms with Crippen molar-refractivity contribution < 1.29 is 4.21 Å². The minimum atomic E-state index is -0.711. The number of aromatic nitrogens is 1. The Bertz CT molecular complexity index is 350. The van der Waals surface area contributed by atoms with Crippen LogP contribution in [0.1, 0.15) is 18.7 Å². The summed E-state index contributed by atoms with van der Waals surface area (Å²) in [4.78, 5) is 7.89. The van der Waals surface area contributed by atoms with Gasteiger partial charge in [0.25, 0.3) is 0 Å². The van der Waals surface area contributed by atoms with Gasteiger partial charge in [0.15, 0.2) is 5.13 Å². The van der Waals surface area contributed by atoms with Crippen molar-refractivity contribution in [1.29, 1.82) is 0 Å². The minimum absolute atomic E-state index is 0.710. The summed E-state index contributed by atoms with van der Waals surface area (Å²) in [5, 5.41) is 4.37. The first-order chi connectivity index (χ1) is 8.17. The Morgan fingerprint density at radius 1 is 1.47 bits per heavy atom. The van der Waals surface area contributed by atoms with E-state index in [0.717, 1.165) is 31.3 Å². The van der Waals surface area contributed by atoms with Crippen molar-refractivity contribution >= 4 is 27.3 Å². The van der Waals surface area contributed by atoms with E-state index in [2.05, 4.69) is 29.0 Å². The third-order valence-electron chi connectivity index (χ3n) is 2.44. The summed E-state index contributed by atoms with van der Waals surface area (Å²) in [6.07, 6.45) is 3.65. The van der Waals surface area contributed by atoms with Gasteiger partial charge in [-0.2, -0.15) is 0 Å². The van der Waals surface area contributed by atoms with E-state index in [1.54, 1.807) is 17.6 Å². The van der Waals surface area contributed by atoms with Gasteiger partial charge in [0.1, 0.15) is 0 Å². The van der Waals surface area contributed by atoms with Gasteiger partial charge in [-0.25, -0.2) is 4.98 Å². The highest BCUT2D eigenvalue weighted by Crippen LogP contribution is 2.21. The zero-order valence-corrected chi connectivity index (χ0v) is 12.4. The van der Waals surface area contributed by atoms with Crippen LogP contribution in [0.2, 0.25) is 0 Å². The number of rotatable bonds is 8. The van der Waals surface area contributed by atoms with Crippen molar-refractivity contribution in [3.8, 4) is 0 Å². The highest BCUT2D eigenvalue weighted by Gasteiger charge is 2.07. The molecule has 0 saturated heterocycles. The Labute approximate surface area is 110 Å². The molecule has 98 valence electrons. The van der Waals surface area contributed by atoms with Gasteiger partial charge in [-0.05, 0) is 13.8 Å². The highest BCUT2D eigenvalue weighted by molar-refractivity contribution is 7.84. The van der Waals surface area contributed by atoms with E-state index in [4.69, 9.17) is 0 Å². The van der Waals surface area contributed by atoms with Gasteiger partial charge >= 0.3 is 0 Å². The maximum absolute atomic E-state index is 10.9. The lowest BCUT2D eigenvalue weighted by atomic mass is 10.5. The summed E-state index contributed by atoms with van der Waals surface area (Å²) >= 11 is 1.73. The predicted octanol–water partition coefficient (Wildman–Crippen LogP) is 1.46. The van der Waals surface area contributed by atoms with Crippen molar-refractivity contribution in [1.82, 2.24) is 10.3 Å². The predicted molar refractivity (Wildman–Crippen MR) is 76.3 cm³/mol. The first kappa shape index (κ1) is 14.6. The molecule has 4 nitrogen and oxygen atoms in total. The van der Waals surface area contributed by atoms with Crippen LogP contribution in [-0.4, -0.2) is 40.8 Å². The van der Waals surface area contributed by atoms with E-state index < -0.39 is 10.8 Å². The summed E-state index contributed by atoms with van der Waals surface area (Å²) in [5.74, 6) is 0.710. The Kier molecular flexibility index (Phi) is 6.69. The van der Waals surface area contributed by atoms with Gasteiger partial charge in [0.05, 0.1) is 0 Å². The molecule has 6 heteroatoms. The molecule has 0 fully saturated rings. The standard InChI is InChI=1S/C11H21N3OS2/c1-4-14(5-2)11-13-9-10(16-11)8-12-6-7-17(3)15/h9,12H,4-8H2,1-3H3. The van der Waals surface area contributed by atoms with Crippen LogP contribution >= 0.6 is 11.3 Å². The molecular weight excluding hydrogens is 254 g/mol. The van der Waals surface area contributed by atoms with Crippen molar-refractivity contribution in [3.63, 3.8) is 0 Å². The fraction of sp³-hybridized carbons (Fsp3) is 0.727. The summed E-state index contributed by atoms with van der Waals surface area (Å²) < 4.78 is 10.9. The van der Waals surface area contributed by atoms with Gasteiger partial charge in [0, 0.05) is 60.1 Å². The highest BCUT2D eigenvalue weighted by atomic mass is 32.2. The number of nitrogens with zero attached hydrogens (tertiary/aromatic N) is 2. The molecule has 0 aliphatic heterocycles. The molecule has 1 rings (SSSR count). The maximum Gasteiger partial charge on any atom is 0.185 e. The van der Waals surface area contributed by atoms with Crippen molar-refractivity contribution in [3.05, 3.63) is 11.1 Å². The minimum Gasteiger partial charge on any atom is -0.349 e. The molecule has 0 aliphatic carbocycles. The SMILES string of the molecule is CCN(CC)c1ncc(CNCCS(C)=O)s1. The summed E-state index contributed by atoms with van der Waals surface area (Å²) in [6.45, 7) is 7.87. The fourth-order valence-electron chi connectivity index (χ4n) is 1.45. The van der Waals surface area contributed by atoms with E-state index in [-0.39, 0.29) is 0 Å². The van der Waals surface area contributed by atoms with Crippen LogP contribution in [0.25, 0.3) is 0 Å². The molecule has 1 heterocycles. The van der Waals surface area contributed by atoms with Crippen LogP contribution in [0.4, 0.5) is 5.13 Å². The summed E-state index contributed by atoms with van der Waals surface area (Å²) in [5.41, 5.74) is 0. The van der Waals surface area contributed by atoms with Gasteiger partial charge in [-0.1, -0.05) is 0 Å². The average Bonchev–Trinajstić information content (AvgIpc) is 2.75. The van der Waals surface area contributed by atoms with Gasteiger partial charge in [-0.3, -0.25) is 4.21 Å². The van der Waals surface area contributed by atoms with E-state index in [1.807, 2.05) is 6.20 Å². The van der Waals surface area contributed by atoms with Crippen molar-refractivity contribution in [2.45, 2.75) is 20.4 Å². The van der Waals surface area contributed by atoms with E-state index in [9.17, 15) is 4.21 Å². The normalized spacial score (nSPS) is 12.6. The topological polar surface area (TPSA) is 45.2 Å². The zero-order chi connectivity index (χ0) is 12.7. The summed E-state index contributed by atoms with van der Waals surface area (Å²) in [6, 6.07) is 0. The second kappa shape index (κ2) is 7.79. The second-order valence-electron chi connectivity index (χ2n) is 3.74.